The molecular weight excluding hydrogens is 558 g/mol. The molecule has 1 aliphatic heterocycles. The van der Waals surface area contributed by atoms with Crippen molar-refractivity contribution < 1.29 is 23.9 Å². The van der Waals surface area contributed by atoms with Gasteiger partial charge in [-0.05, 0) is 41.3 Å². The molecule has 0 fully saturated rings. The predicted molar refractivity (Wildman–Crippen MR) is 171 cm³/mol. The molecule has 0 saturated heterocycles. The van der Waals surface area contributed by atoms with Gasteiger partial charge in [0, 0.05) is 42.5 Å². The van der Waals surface area contributed by atoms with Crippen LogP contribution in [0.5, 0.6) is 0 Å². The molecule has 44 heavy (non-hydrogen) atoms. The Bertz CT molecular complexity index is 1530. The van der Waals surface area contributed by atoms with Crippen molar-refractivity contribution in [3.63, 3.8) is 0 Å². The molecule has 5 N–H and O–H groups in total. The van der Waals surface area contributed by atoms with E-state index < -0.39 is 23.8 Å². The maximum absolute atomic E-state index is 13.5. The Balaban J connectivity index is 1.33. The fraction of sp³-hybridized carbons (Fsp3) is 0.294. The third-order valence-electron chi connectivity index (χ3n) is 7.30. The van der Waals surface area contributed by atoms with E-state index in [0.29, 0.717) is 30.2 Å². The standard InChI is InChI=1S/C34H39N5O5/c1-22(2)33(34(43)36-19-31(41)37-26-14-12-23(13-15-26)21-44-3)38-30(40)16-17-32(42)39-20-25-9-4-6-10-27(25)28(35)18-24-8-5-7-11-29(24)39/h4-15,18,22,33H,16-17,19-21,35H2,1-3H3,(H,36,43)(H,37,41)(H,38,40)/b28-18+. The highest BCUT2D eigenvalue weighted by Gasteiger charge is 2.26. The number of carbonyl (C=O) groups is 4. The smallest absolute Gasteiger partial charge is 0.243 e. The van der Waals surface area contributed by atoms with Crippen LogP contribution in [0, 0.1) is 5.92 Å². The number of fused-ring (bicyclic) bond motifs is 2. The lowest BCUT2D eigenvalue weighted by atomic mass is 9.98. The summed E-state index contributed by atoms with van der Waals surface area (Å²) in [4.78, 5) is 53.5. The van der Waals surface area contributed by atoms with Gasteiger partial charge in [-0.3, -0.25) is 19.2 Å². The number of methoxy groups -OCH3 is 1. The zero-order valence-electron chi connectivity index (χ0n) is 25.3. The minimum atomic E-state index is -0.874. The van der Waals surface area contributed by atoms with Gasteiger partial charge in [-0.2, -0.15) is 0 Å². The summed E-state index contributed by atoms with van der Waals surface area (Å²) in [6.07, 6.45) is 1.69. The number of ether oxygens (including phenoxy) is 1. The first-order valence-corrected chi connectivity index (χ1v) is 14.6. The van der Waals surface area contributed by atoms with E-state index in [9.17, 15) is 19.2 Å². The van der Waals surface area contributed by atoms with Gasteiger partial charge in [0.25, 0.3) is 0 Å². The quantitative estimate of drug-likeness (QED) is 0.265. The van der Waals surface area contributed by atoms with Crippen molar-refractivity contribution in [3.8, 4) is 0 Å². The molecule has 0 spiro atoms. The van der Waals surface area contributed by atoms with Gasteiger partial charge in [0.1, 0.15) is 6.04 Å². The molecule has 0 aliphatic carbocycles. The number of rotatable bonds is 11. The number of nitrogens with two attached hydrogens (primary N) is 1. The number of benzene rings is 3. The molecular formula is C34H39N5O5. The van der Waals surface area contributed by atoms with Crippen LogP contribution in [-0.2, 0) is 37.1 Å². The molecule has 10 nitrogen and oxygen atoms in total. The van der Waals surface area contributed by atoms with E-state index in [0.717, 1.165) is 22.3 Å². The van der Waals surface area contributed by atoms with Crippen LogP contribution in [0.4, 0.5) is 11.4 Å². The number of hydrogen-bond acceptors (Lipinski definition) is 6. The van der Waals surface area contributed by atoms with Crippen molar-refractivity contribution in [3.05, 3.63) is 95.1 Å². The highest BCUT2D eigenvalue weighted by Crippen LogP contribution is 2.31. The van der Waals surface area contributed by atoms with Crippen molar-refractivity contribution in [1.29, 1.82) is 0 Å². The monoisotopic (exact) mass is 597 g/mol. The lowest BCUT2D eigenvalue weighted by molar-refractivity contribution is -0.131. The minimum absolute atomic E-state index is 0.0560. The van der Waals surface area contributed by atoms with Crippen molar-refractivity contribution in [1.82, 2.24) is 10.6 Å². The van der Waals surface area contributed by atoms with E-state index in [1.807, 2.05) is 66.7 Å². The number of hydrogen-bond donors (Lipinski definition) is 4. The van der Waals surface area contributed by atoms with E-state index in [4.69, 9.17) is 10.5 Å². The van der Waals surface area contributed by atoms with Gasteiger partial charge in [0.2, 0.25) is 23.6 Å². The highest BCUT2D eigenvalue weighted by atomic mass is 16.5. The van der Waals surface area contributed by atoms with Crippen LogP contribution < -0.4 is 26.6 Å². The van der Waals surface area contributed by atoms with Crippen molar-refractivity contribution in [2.24, 2.45) is 11.7 Å². The second-order valence-corrected chi connectivity index (χ2v) is 11.0. The maximum atomic E-state index is 13.5. The van der Waals surface area contributed by atoms with Crippen LogP contribution in [-0.4, -0.2) is 43.3 Å². The summed E-state index contributed by atoms with van der Waals surface area (Å²) >= 11 is 0. The number of nitrogens with zero attached hydrogens (tertiary/aromatic N) is 1. The summed E-state index contributed by atoms with van der Waals surface area (Å²) in [5, 5.41) is 8.06. The normalized spacial score (nSPS) is 14.2. The van der Waals surface area contributed by atoms with Gasteiger partial charge >= 0.3 is 0 Å². The summed E-state index contributed by atoms with van der Waals surface area (Å²) in [5.41, 5.74) is 11.8. The Morgan fingerprint density at radius 1 is 0.909 bits per heavy atom. The van der Waals surface area contributed by atoms with Crippen LogP contribution in [0.15, 0.2) is 72.8 Å². The molecule has 0 aromatic heterocycles. The number of nitrogens with one attached hydrogen (secondary N) is 3. The van der Waals surface area contributed by atoms with Gasteiger partial charge < -0.3 is 31.3 Å². The molecule has 230 valence electrons. The van der Waals surface area contributed by atoms with Gasteiger partial charge in [0.15, 0.2) is 0 Å². The van der Waals surface area contributed by atoms with E-state index in [1.165, 1.54) is 0 Å². The largest absolute Gasteiger partial charge is 0.398 e. The predicted octanol–water partition coefficient (Wildman–Crippen LogP) is 3.81. The first-order valence-electron chi connectivity index (χ1n) is 14.6. The summed E-state index contributed by atoms with van der Waals surface area (Å²) in [7, 11) is 1.61. The lowest BCUT2D eigenvalue weighted by Gasteiger charge is -2.28. The summed E-state index contributed by atoms with van der Waals surface area (Å²) in [6, 6.07) is 21.5. The number of carbonyl (C=O) groups excluding carboxylic acids is 4. The average Bonchev–Trinajstić information content (AvgIpc) is 3.01. The average molecular weight is 598 g/mol. The van der Waals surface area contributed by atoms with Crippen LogP contribution >= 0.6 is 0 Å². The van der Waals surface area contributed by atoms with Crippen LogP contribution in [0.1, 0.15) is 48.9 Å². The zero-order chi connectivity index (χ0) is 31.6. The van der Waals surface area contributed by atoms with Gasteiger partial charge in [-0.15, -0.1) is 0 Å². The topological polar surface area (TPSA) is 143 Å². The number of para-hydroxylation sites is 1. The second-order valence-electron chi connectivity index (χ2n) is 11.0. The van der Waals surface area contributed by atoms with E-state index in [2.05, 4.69) is 16.0 Å². The molecule has 3 aromatic rings. The van der Waals surface area contributed by atoms with Crippen LogP contribution in [0.3, 0.4) is 0 Å². The first-order chi connectivity index (χ1) is 21.2. The molecule has 4 rings (SSSR count). The maximum Gasteiger partial charge on any atom is 0.243 e. The molecule has 0 saturated carbocycles. The molecule has 1 aliphatic rings. The lowest BCUT2D eigenvalue weighted by Crippen LogP contribution is -2.51. The second kappa shape index (κ2) is 15.0. The minimum Gasteiger partial charge on any atom is -0.398 e. The molecule has 10 heteroatoms. The molecule has 4 amide bonds. The fourth-order valence-electron chi connectivity index (χ4n) is 4.99. The van der Waals surface area contributed by atoms with Crippen LogP contribution in [0.2, 0.25) is 0 Å². The zero-order valence-corrected chi connectivity index (χ0v) is 25.3. The Kier molecular flexibility index (Phi) is 10.9. The molecule has 0 radical (unpaired) electrons. The van der Waals surface area contributed by atoms with Gasteiger partial charge in [0.05, 0.1) is 25.4 Å². The SMILES string of the molecule is COCc1ccc(NC(=O)CNC(=O)C(NC(=O)CCC(=O)N2Cc3ccccc3/C(N)=C\c3ccccc32)C(C)C)cc1. The van der Waals surface area contributed by atoms with Gasteiger partial charge in [-0.1, -0.05) is 68.4 Å². The van der Waals surface area contributed by atoms with Gasteiger partial charge in [-0.25, -0.2) is 0 Å². The van der Waals surface area contributed by atoms with Crippen molar-refractivity contribution in [2.45, 2.75) is 45.9 Å². The number of amides is 4. The third kappa shape index (κ3) is 8.32. The van der Waals surface area contributed by atoms with E-state index in [1.54, 1.807) is 38.0 Å². The number of anilines is 2. The Morgan fingerprint density at radius 3 is 2.34 bits per heavy atom. The summed E-state index contributed by atoms with van der Waals surface area (Å²) in [5.74, 6) is -1.79. The summed E-state index contributed by atoms with van der Waals surface area (Å²) in [6.45, 7) is 4.11. The fourth-order valence-corrected chi connectivity index (χ4v) is 4.99. The third-order valence-corrected chi connectivity index (χ3v) is 7.30. The molecule has 0 bridgehead atoms. The Morgan fingerprint density at radius 2 is 1.61 bits per heavy atom. The van der Waals surface area contributed by atoms with Crippen LogP contribution in [0.25, 0.3) is 11.8 Å². The molecule has 1 heterocycles. The van der Waals surface area contributed by atoms with Crippen molar-refractivity contribution in [2.75, 3.05) is 23.9 Å². The first kappa shape index (κ1) is 32.0. The highest BCUT2D eigenvalue weighted by molar-refractivity contribution is 6.00. The molecule has 3 aromatic carbocycles. The summed E-state index contributed by atoms with van der Waals surface area (Å²) < 4.78 is 5.08. The molecule has 1 atom stereocenters. The molecule has 1 unspecified atom stereocenters. The Hall–Kier alpha value is -4.96. The van der Waals surface area contributed by atoms with Crippen molar-refractivity contribution >= 4 is 46.8 Å². The van der Waals surface area contributed by atoms with E-state index in [-0.39, 0.29) is 31.2 Å². The van der Waals surface area contributed by atoms with E-state index >= 15 is 0 Å². The Labute approximate surface area is 257 Å².